The number of hydrogen-bond acceptors (Lipinski definition) is 6. The molecule has 1 amide bonds. The number of carbonyl (C=O) groups is 1. The normalized spacial score (nSPS) is 19.7. The molecule has 1 saturated heterocycles. The summed E-state index contributed by atoms with van der Waals surface area (Å²) in [6.07, 6.45) is -3.97. The number of rotatable bonds is 6. The van der Waals surface area contributed by atoms with Crippen LogP contribution in [0.25, 0.3) is 11.5 Å². The lowest BCUT2D eigenvalue weighted by Crippen LogP contribution is -2.43. The number of nitrogens with zero attached hydrogens (tertiary/aromatic N) is 4. The summed E-state index contributed by atoms with van der Waals surface area (Å²) in [6.45, 7) is -2.02. The molecular formula is C22H16F6N4O4S. The predicted octanol–water partition coefficient (Wildman–Crippen LogP) is 4.01. The molecule has 1 fully saturated rings. The van der Waals surface area contributed by atoms with E-state index in [0.29, 0.717) is 10.4 Å². The van der Waals surface area contributed by atoms with Crippen molar-refractivity contribution in [1.82, 2.24) is 19.4 Å². The molecule has 3 aromatic rings. The number of sulfonamides is 1. The zero-order valence-electron chi connectivity index (χ0n) is 18.5. The lowest BCUT2D eigenvalue weighted by Gasteiger charge is -2.27. The first-order valence-corrected chi connectivity index (χ1v) is 12.2. The molecule has 1 atom stereocenters. The molecule has 0 radical (unpaired) electrons. The van der Waals surface area contributed by atoms with E-state index in [-0.39, 0.29) is 23.2 Å². The highest BCUT2D eigenvalue weighted by atomic mass is 32.2. The van der Waals surface area contributed by atoms with Crippen LogP contribution in [0.15, 0.2) is 45.7 Å². The molecule has 0 unspecified atom stereocenters. The van der Waals surface area contributed by atoms with Gasteiger partial charge in [-0.3, -0.25) is 4.79 Å². The van der Waals surface area contributed by atoms with Crippen molar-refractivity contribution in [3.63, 3.8) is 0 Å². The SMILES string of the molecule is O=C1c2cc(-c3nnc(C(F)F)o3)cc(F)c2CN1C[C@@H]1CC(F)(F)CN1S(=O)(=O)c1cccc(F)c1. The molecule has 0 bridgehead atoms. The fourth-order valence-electron chi connectivity index (χ4n) is 4.45. The van der Waals surface area contributed by atoms with Gasteiger partial charge >= 0.3 is 6.43 Å². The van der Waals surface area contributed by atoms with Gasteiger partial charge in [0.1, 0.15) is 11.6 Å². The van der Waals surface area contributed by atoms with E-state index < -0.39 is 82.1 Å². The molecule has 2 aromatic carbocycles. The minimum absolute atomic E-state index is 0.0911. The second-order valence-corrected chi connectivity index (χ2v) is 10.5. The van der Waals surface area contributed by atoms with E-state index in [0.717, 1.165) is 35.2 Å². The average Bonchev–Trinajstić information content (AvgIpc) is 3.51. The number of fused-ring (bicyclic) bond motifs is 1. The number of hydrogen-bond donors (Lipinski definition) is 0. The molecule has 2 aliphatic heterocycles. The summed E-state index contributed by atoms with van der Waals surface area (Å²) in [7, 11) is -4.55. The maximum atomic E-state index is 14.8. The molecule has 2 aliphatic rings. The summed E-state index contributed by atoms with van der Waals surface area (Å²) < 4.78 is 114. The third-order valence-corrected chi connectivity index (χ3v) is 7.99. The molecule has 8 nitrogen and oxygen atoms in total. The number of amides is 1. The van der Waals surface area contributed by atoms with E-state index >= 15 is 0 Å². The Morgan fingerprint density at radius 3 is 2.57 bits per heavy atom. The van der Waals surface area contributed by atoms with Crippen LogP contribution in [0.2, 0.25) is 0 Å². The van der Waals surface area contributed by atoms with E-state index in [2.05, 4.69) is 10.2 Å². The second kappa shape index (κ2) is 8.83. The fraction of sp³-hybridized carbons (Fsp3) is 0.318. The van der Waals surface area contributed by atoms with E-state index in [1.54, 1.807) is 0 Å². The van der Waals surface area contributed by atoms with Gasteiger partial charge in [-0.1, -0.05) is 6.07 Å². The number of carbonyl (C=O) groups excluding carboxylic acids is 1. The van der Waals surface area contributed by atoms with Crippen molar-refractivity contribution in [2.24, 2.45) is 0 Å². The topological polar surface area (TPSA) is 96.6 Å². The van der Waals surface area contributed by atoms with Crippen LogP contribution in [0.5, 0.6) is 0 Å². The average molecular weight is 546 g/mol. The van der Waals surface area contributed by atoms with Gasteiger partial charge in [0.05, 0.1) is 11.4 Å². The molecular weight excluding hydrogens is 530 g/mol. The Morgan fingerprint density at radius 2 is 1.89 bits per heavy atom. The minimum Gasteiger partial charge on any atom is -0.415 e. The Morgan fingerprint density at radius 1 is 1.14 bits per heavy atom. The zero-order chi connectivity index (χ0) is 26.7. The maximum absolute atomic E-state index is 14.8. The summed E-state index contributed by atoms with van der Waals surface area (Å²) >= 11 is 0. The Balaban J connectivity index is 1.42. The van der Waals surface area contributed by atoms with Crippen LogP contribution in [-0.4, -0.2) is 58.8 Å². The number of halogens is 6. The van der Waals surface area contributed by atoms with E-state index in [4.69, 9.17) is 4.42 Å². The van der Waals surface area contributed by atoms with E-state index in [1.807, 2.05) is 0 Å². The first kappa shape index (κ1) is 25.2. The quantitative estimate of drug-likeness (QED) is 0.434. The molecule has 5 rings (SSSR count). The van der Waals surface area contributed by atoms with Crippen LogP contribution in [-0.2, 0) is 16.6 Å². The van der Waals surface area contributed by atoms with Crippen LogP contribution in [0.4, 0.5) is 26.3 Å². The molecule has 0 aliphatic carbocycles. The second-order valence-electron chi connectivity index (χ2n) is 8.64. The molecule has 3 heterocycles. The lowest BCUT2D eigenvalue weighted by atomic mass is 10.1. The Kier molecular flexibility index (Phi) is 6.02. The monoisotopic (exact) mass is 546 g/mol. The number of aromatic nitrogens is 2. The highest BCUT2D eigenvalue weighted by Gasteiger charge is 2.51. The molecule has 1 aromatic heterocycles. The first-order chi connectivity index (χ1) is 17.4. The van der Waals surface area contributed by atoms with Crippen molar-refractivity contribution >= 4 is 15.9 Å². The Labute approximate surface area is 205 Å². The summed E-state index contributed by atoms with van der Waals surface area (Å²) in [6, 6.07) is 4.57. The molecule has 0 N–H and O–H groups in total. The molecule has 37 heavy (non-hydrogen) atoms. The molecule has 0 spiro atoms. The third-order valence-electron chi connectivity index (χ3n) is 6.10. The summed E-state index contributed by atoms with van der Waals surface area (Å²) in [5.74, 6) is -7.43. The van der Waals surface area contributed by atoms with Crippen molar-refractivity contribution in [1.29, 1.82) is 0 Å². The summed E-state index contributed by atoms with van der Waals surface area (Å²) in [5, 5.41) is 6.57. The van der Waals surface area contributed by atoms with Gasteiger partial charge in [0, 0.05) is 42.2 Å². The van der Waals surface area contributed by atoms with E-state index in [1.165, 1.54) is 0 Å². The van der Waals surface area contributed by atoms with Crippen LogP contribution < -0.4 is 0 Å². The Hall–Kier alpha value is -3.46. The lowest BCUT2D eigenvalue weighted by molar-refractivity contribution is 0.0164. The van der Waals surface area contributed by atoms with Gasteiger partial charge < -0.3 is 9.32 Å². The summed E-state index contributed by atoms with van der Waals surface area (Å²) in [4.78, 5) is 13.5. The standard InChI is InChI=1S/C22H16F6N4O4S/c23-12-2-1-3-14(6-12)37(34,35)32-10-22(27,28)7-13(32)8-31-9-16-15(21(31)33)4-11(5-17(16)24)19-29-30-20(36-19)18(25)26/h1-6,13,18H,7-10H2/t13-/m0/s1. The highest BCUT2D eigenvalue weighted by molar-refractivity contribution is 7.89. The van der Waals surface area contributed by atoms with Gasteiger partial charge in [-0.25, -0.2) is 26.0 Å². The minimum atomic E-state index is -4.55. The largest absolute Gasteiger partial charge is 0.415 e. The Bertz CT molecular complexity index is 1500. The van der Waals surface area contributed by atoms with Crippen molar-refractivity contribution < 1.29 is 44.0 Å². The van der Waals surface area contributed by atoms with Crippen LogP contribution in [0.3, 0.4) is 0 Å². The van der Waals surface area contributed by atoms with E-state index in [9.17, 15) is 39.6 Å². The zero-order valence-corrected chi connectivity index (χ0v) is 19.4. The van der Waals surface area contributed by atoms with Gasteiger partial charge in [0.25, 0.3) is 17.7 Å². The predicted molar refractivity (Wildman–Crippen MR) is 113 cm³/mol. The van der Waals surface area contributed by atoms with Gasteiger partial charge in [0.2, 0.25) is 15.9 Å². The van der Waals surface area contributed by atoms with Crippen LogP contribution >= 0.6 is 0 Å². The number of alkyl halides is 4. The van der Waals surface area contributed by atoms with Crippen LogP contribution in [0, 0.1) is 11.6 Å². The smallest absolute Gasteiger partial charge is 0.314 e. The van der Waals surface area contributed by atoms with Crippen molar-refractivity contribution in [3.05, 3.63) is 65.1 Å². The fourth-order valence-corrected chi connectivity index (χ4v) is 6.13. The van der Waals surface area contributed by atoms with Gasteiger partial charge in [-0.05, 0) is 30.3 Å². The van der Waals surface area contributed by atoms with Crippen molar-refractivity contribution in [3.8, 4) is 11.5 Å². The van der Waals surface area contributed by atoms with Gasteiger partial charge in [0.15, 0.2) is 0 Å². The molecule has 196 valence electrons. The summed E-state index contributed by atoms with van der Waals surface area (Å²) in [5.41, 5.74) is -0.420. The molecule has 15 heteroatoms. The molecule has 0 saturated carbocycles. The van der Waals surface area contributed by atoms with Gasteiger partial charge in [-0.15, -0.1) is 10.2 Å². The third kappa shape index (κ3) is 4.56. The number of benzene rings is 2. The highest BCUT2D eigenvalue weighted by Crippen LogP contribution is 2.38. The first-order valence-electron chi connectivity index (χ1n) is 10.7. The van der Waals surface area contributed by atoms with Crippen molar-refractivity contribution in [2.45, 2.75) is 36.3 Å². The van der Waals surface area contributed by atoms with Crippen molar-refractivity contribution in [2.75, 3.05) is 13.1 Å². The maximum Gasteiger partial charge on any atom is 0.314 e. The van der Waals surface area contributed by atoms with Gasteiger partial charge in [-0.2, -0.15) is 13.1 Å². The van der Waals surface area contributed by atoms with Crippen LogP contribution in [0.1, 0.15) is 34.7 Å².